The van der Waals surface area contributed by atoms with Gasteiger partial charge in [-0.25, -0.2) is 13.4 Å². The van der Waals surface area contributed by atoms with Gasteiger partial charge in [-0.3, -0.25) is 4.79 Å². The van der Waals surface area contributed by atoms with Crippen molar-refractivity contribution in [1.29, 1.82) is 0 Å². The van der Waals surface area contributed by atoms with Gasteiger partial charge in [0.2, 0.25) is 15.9 Å². The highest BCUT2D eigenvalue weighted by atomic mass is 32.2. The molecule has 0 aliphatic carbocycles. The molecule has 2 saturated heterocycles. The molecule has 9 heteroatoms. The molecular weight excluding hydrogens is 380 g/mol. The number of amides is 1. The lowest BCUT2D eigenvalue weighted by Crippen LogP contribution is -2.63. The number of sulfonamides is 1. The van der Waals surface area contributed by atoms with Crippen molar-refractivity contribution >= 4 is 15.9 Å². The number of pyridine rings is 1. The standard InChI is InChI=1S/C19H30N4O4S/c1-3-28(25,26)23(12-11-21-9-5-4-6-10-21)17-14-22(15-17)19(24)16-7-8-18(27-2)20-13-16/h7-8,13,17H,3-6,9-12,14-15H2,1-2H3. The molecule has 0 N–H and O–H groups in total. The first-order chi connectivity index (χ1) is 13.4. The summed E-state index contributed by atoms with van der Waals surface area (Å²) in [7, 11) is -1.78. The van der Waals surface area contributed by atoms with Crippen LogP contribution in [0.25, 0.3) is 0 Å². The highest BCUT2D eigenvalue weighted by Crippen LogP contribution is 2.22. The molecule has 1 aromatic rings. The summed E-state index contributed by atoms with van der Waals surface area (Å²) in [6.45, 7) is 5.85. The van der Waals surface area contributed by atoms with E-state index in [0.717, 1.165) is 19.6 Å². The number of hydrogen-bond donors (Lipinski definition) is 0. The van der Waals surface area contributed by atoms with Crippen molar-refractivity contribution in [1.82, 2.24) is 19.1 Å². The third-order valence-electron chi connectivity index (χ3n) is 5.56. The summed E-state index contributed by atoms with van der Waals surface area (Å²) >= 11 is 0. The van der Waals surface area contributed by atoms with Gasteiger partial charge >= 0.3 is 0 Å². The van der Waals surface area contributed by atoms with Crippen molar-refractivity contribution in [2.24, 2.45) is 0 Å². The monoisotopic (exact) mass is 410 g/mol. The summed E-state index contributed by atoms with van der Waals surface area (Å²) in [5.41, 5.74) is 0.484. The van der Waals surface area contributed by atoms with Crippen LogP contribution in [0.5, 0.6) is 5.88 Å². The zero-order valence-electron chi connectivity index (χ0n) is 16.7. The molecule has 0 bridgehead atoms. The van der Waals surface area contributed by atoms with Gasteiger partial charge < -0.3 is 14.5 Å². The maximum Gasteiger partial charge on any atom is 0.255 e. The molecule has 3 rings (SSSR count). The van der Waals surface area contributed by atoms with Crippen LogP contribution in [-0.2, 0) is 10.0 Å². The van der Waals surface area contributed by atoms with Gasteiger partial charge in [0.1, 0.15) is 0 Å². The Morgan fingerprint density at radius 2 is 1.96 bits per heavy atom. The summed E-state index contributed by atoms with van der Waals surface area (Å²) in [5, 5.41) is 0. The Morgan fingerprint density at radius 3 is 2.54 bits per heavy atom. The molecule has 0 atom stereocenters. The van der Waals surface area contributed by atoms with Gasteiger partial charge in [0.15, 0.2) is 0 Å². The second-order valence-corrected chi connectivity index (χ2v) is 9.58. The predicted molar refractivity (Wildman–Crippen MR) is 107 cm³/mol. The number of nitrogens with zero attached hydrogens (tertiary/aromatic N) is 4. The summed E-state index contributed by atoms with van der Waals surface area (Å²) in [6, 6.07) is 3.18. The molecule has 0 unspecified atom stereocenters. The maximum absolute atomic E-state index is 12.6. The van der Waals surface area contributed by atoms with Crippen LogP contribution in [0, 0.1) is 0 Å². The van der Waals surface area contributed by atoms with E-state index in [-0.39, 0.29) is 17.7 Å². The highest BCUT2D eigenvalue weighted by molar-refractivity contribution is 7.89. The Hall–Kier alpha value is -1.71. The first kappa shape index (κ1) is 21.0. The van der Waals surface area contributed by atoms with Crippen molar-refractivity contribution in [2.75, 3.05) is 52.1 Å². The normalized spacial score (nSPS) is 18.9. The SMILES string of the molecule is CCS(=O)(=O)N(CCN1CCCCC1)C1CN(C(=O)c2ccc(OC)nc2)C1. The van der Waals surface area contributed by atoms with E-state index in [0.29, 0.717) is 31.1 Å². The number of carbonyl (C=O) groups excluding carboxylic acids is 1. The van der Waals surface area contributed by atoms with Crippen molar-refractivity contribution in [2.45, 2.75) is 32.2 Å². The van der Waals surface area contributed by atoms with Crippen molar-refractivity contribution in [3.63, 3.8) is 0 Å². The number of aromatic nitrogens is 1. The lowest BCUT2D eigenvalue weighted by molar-refractivity contribution is 0.0436. The van der Waals surface area contributed by atoms with E-state index in [4.69, 9.17) is 4.74 Å². The zero-order chi connectivity index (χ0) is 20.1. The van der Waals surface area contributed by atoms with Crippen LogP contribution in [0.3, 0.4) is 0 Å². The van der Waals surface area contributed by atoms with Crippen molar-refractivity contribution in [3.8, 4) is 5.88 Å². The second-order valence-electron chi connectivity index (χ2n) is 7.37. The topological polar surface area (TPSA) is 83.1 Å². The molecule has 3 heterocycles. The Morgan fingerprint density at radius 1 is 1.25 bits per heavy atom. The average Bonchev–Trinajstić information content (AvgIpc) is 2.69. The molecule has 2 aliphatic heterocycles. The van der Waals surface area contributed by atoms with Gasteiger partial charge in [-0.2, -0.15) is 4.31 Å². The van der Waals surface area contributed by atoms with Crippen LogP contribution < -0.4 is 4.74 Å². The minimum absolute atomic E-state index is 0.0832. The van der Waals surface area contributed by atoms with Gasteiger partial charge in [-0.05, 0) is 38.9 Å². The van der Waals surface area contributed by atoms with E-state index in [1.54, 1.807) is 28.3 Å². The lowest BCUT2D eigenvalue weighted by Gasteiger charge is -2.45. The number of carbonyl (C=O) groups is 1. The fourth-order valence-corrected chi connectivity index (χ4v) is 5.03. The van der Waals surface area contributed by atoms with Crippen molar-refractivity contribution < 1.29 is 17.9 Å². The Kier molecular flexibility index (Phi) is 6.90. The number of hydrogen-bond acceptors (Lipinski definition) is 6. The molecule has 8 nitrogen and oxygen atoms in total. The molecule has 0 radical (unpaired) electrons. The third-order valence-corrected chi connectivity index (χ3v) is 7.48. The van der Waals surface area contributed by atoms with Gasteiger partial charge in [-0.15, -0.1) is 0 Å². The molecule has 28 heavy (non-hydrogen) atoms. The predicted octanol–water partition coefficient (Wildman–Crippen LogP) is 1.05. The number of likely N-dealkylation sites (tertiary alicyclic amines) is 2. The van der Waals surface area contributed by atoms with Crippen LogP contribution in [-0.4, -0.2) is 91.6 Å². The summed E-state index contributed by atoms with van der Waals surface area (Å²) in [6.07, 6.45) is 5.11. The fraction of sp³-hybridized carbons (Fsp3) is 0.684. The molecule has 2 fully saturated rings. The first-order valence-corrected chi connectivity index (χ1v) is 11.6. The number of ether oxygens (including phenoxy) is 1. The van der Waals surface area contributed by atoms with E-state index < -0.39 is 10.0 Å². The largest absolute Gasteiger partial charge is 0.481 e. The van der Waals surface area contributed by atoms with E-state index in [1.165, 1.54) is 32.6 Å². The highest BCUT2D eigenvalue weighted by Gasteiger charge is 2.39. The molecule has 0 spiro atoms. The number of methoxy groups -OCH3 is 1. The van der Waals surface area contributed by atoms with E-state index in [1.807, 2.05) is 0 Å². The van der Waals surface area contributed by atoms with Crippen molar-refractivity contribution in [3.05, 3.63) is 23.9 Å². The number of rotatable bonds is 8. The van der Waals surface area contributed by atoms with Gasteiger partial charge in [0.05, 0.1) is 24.5 Å². The van der Waals surface area contributed by atoms with Crippen LogP contribution in [0.4, 0.5) is 0 Å². The Balaban J connectivity index is 1.58. The van der Waals surface area contributed by atoms with Crippen LogP contribution in [0.1, 0.15) is 36.5 Å². The molecule has 1 aromatic heterocycles. The summed E-state index contributed by atoms with van der Waals surface area (Å²) in [4.78, 5) is 20.7. The van der Waals surface area contributed by atoms with Gasteiger partial charge in [-0.1, -0.05) is 6.42 Å². The van der Waals surface area contributed by atoms with Crippen LogP contribution in [0.2, 0.25) is 0 Å². The molecule has 2 aliphatic rings. The third kappa shape index (κ3) is 4.82. The van der Waals surface area contributed by atoms with Crippen LogP contribution in [0.15, 0.2) is 18.3 Å². The Labute approximate surface area is 167 Å². The minimum atomic E-state index is -3.30. The second kappa shape index (κ2) is 9.19. The Bertz CT molecular complexity index is 757. The van der Waals surface area contributed by atoms with Gasteiger partial charge in [0.25, 0.3) is 5.91 Å². The van der Waals surface area contributed by atoms with E-state index in [9.17, 15) is 13.2 Å². The minimum Gasteiger partial charge on any atom is -0.481 e. The summed E-state index contributed by atoms with van der Waals surface area (Å²) in [5.74, 6) is 0.409. The molecule has 156 valence electrons. The molecular formula is C19H30N4O4S. The fourth-order valence-electron chi connectivity index (χ4n) is 3.75. The first-order valence-electron chi connectivity index (χ1n) is 9.96. The average molecular weight is 411 g/mol. The maximum atomic E-state index is 12.6. The van der Waals surface area contributed by atoms with E-state index >= 15 is 0 Å². The zero-order valence-corrected chi connectivity index (χ0v) is 17.5. The number of piperidine rings is 1. The molecule has 0 aromatic carbocycles. The quantitative estimate of drug-likeness (QED) is 0.637. The molecule has 1 amide bonds. The summed E-state index contributed by atoms with van der Waals surface area (Å²) < 4.78 is 31.8. The van der Waals surface area contributed by atoms with Gasteiger partial charge in [0, 0.05) is 38.4 Å². The van der Waals surface area contributed by atoms with E-state index in [2.05, 4.69) is 9.88 Å². The lowest BCUT2D eigenvalue weighted by atomic mass is 10.1. The van der Waals surface area contributed by atoms with Crippen LogP contribution >= 0.6 is 0 Å². The smallest absolute Gasteiger partial charge is 0.255 e. The molecule has 0 saturated carbocycles.